The van der Waals surface area contributed by atoms with Crippen LogP contribution in [0.2, 0.25) is 0 Å². The predicted molar refractivity (Wildman–Crippen MR) is 70.3 cm³/mol. The van der Waals surface area contributed by atoms with Crippen molar-refractivity contribution in [2.24, 2.45) is 0 Å². The molecule has 86 valence electrons. The summed E-state index contributed by atoms with van der Waals surface area (Å²) in [6, 6.07) is 16.2. The van der Waals surface area contributed by atoms with Crippen LogP contribution in [0.15, 0.2) is 60.9 Å². The van der Waals surface area contributed by atoms with Gasteiger partial charge in [0.2, 0.25) is 0 Å². The van der Waals surface area contributed by atoms with Gasteiger partial charge in [-0.1, -0.05) is 36.4 Å². The maximum Gasteiger partial charge on any atom is 0.0945 e. The van der Waals surface area contributed by atoms with Crippen molar-refractivity contribution in [3.63, 3.8) is 0 Å². The van der Waals surface area contributed by atoms with E-state index in [9.17, 15) is 0 Å². The van der Waals surface area contributed by atoms with Crippen molar-refractivity contribution in [3.8, 4) is 0 Å². The van der Waals surface area contributed by atoms with Crippen LogP contribution < -0.4 is 0 Å². The molecule has 0 aliphatic rings. The van der Waals surface area contributed by atoms with E-state index in [4.69, 9.17) is 0 Å². The minimum atomic E-state index is 1.05. The fourth-order valence-electron chi connectivity index (χ4n) is 2.22. The lowest BCUT2D eigenvalue weighted by Gasteiger charge is -2.04. The standard InChI is InChI=1S/C14H10N4/c1-3-7-13-11(5-1)9-15-17(13)18-14-8-4-2-6-12(14)10-16-18/h1-10H. The average molecular weight is 234 g/mol. The lowest BCUT2D eigenvalue weighted by molar-refractivity contribution is 0.545. The van der Waals surface area contributed by atoms with Crippen molar-refractivity contribution < 1.29 is 0 Å². The van der Waals surface area contributed by atoms with Crippen LogP contribution in [0.1, 0.15) is 0 Å². The highest BCUT2D eigenvalue weighted by atomic mass is 15.7. The minimum absolute atomic E-state index is 1.05. The van der Waals surface area contributed by atoms with Crippen LogP contribution in [0.25, 0.3) is 21.8 Å². The SMILES string of the molecule is c1ccc2c(c1)cnn2-n1ncc2ccccc21. The Balaban J connectivity index is 2.08. The number of rotatable bonds is 1. The first-order valence-corrected chi connectivity index (χ1v) is 5.80. The van der Waals surface area contributed by atoms with Gasteiger partial charge in [-0.2, -0.15) is 19.8 Å². The first kappa shape index (κ1) is 9.41. The second kappa shape index (κ2) is 3.43. The number of fused-ring (bicyclic) bond motifs is 2. The Morgan fingerprint density at radius 3 is 1.56 bits per heavy atom. The van der Waals surface area contributed by atoms with Gasteiger partial charge in [0.25, 0.3) is 0 Å². The molecule has 0 saturated heterocycles. The molecule has 18 heavy (non-hydrogen) atoms. The molecule has 0 atom stereocenters. The molecule has 4 heteroatoms. The molecule has 0 spiro atoms. The van der Waals surface area contributed by atoms with E-state index in [-0.39, 0.29) is 0 Å². The average Bonchev–Trinajstić information content (AvgIpc) is 3.01. The highest BCUT2D eigenvalue weighted by molar-refractivity contribution is 5.81. The minimum Gasteiger partial charge on any atom is -0.158 e. The molecule has 4 rings (SSSR count). The normalized spacial score (nSPS) is 11.3. The van der Waals surface area contributed by atoms with Gasteiger partial charge in [0.05, 0.1) is 23.4 Å². The molecular weight excluding hydrogens is 224 g/mol. The van der Waals surface area contributed by atoms with E-state index in [2.05, 4.69) is 10.2 Å². The topological polar surface area (TPSA) is 35.6 Å². The second-order valence-electron chi connectivity index (χ2n) is 4.19. The van der Waals surface area contributed by atoms with Gasteiger partial charge in [-0.15, -0.1) is 0 Å². The molecule has 0 unspecified atom stereocenters. The molecule has 2 aromatic heterocycles. The van der Waals surface area contributed by atoms with E-state index in [0.29, 0.717) is 0 Å². The molecule has 4 aromatic rings. The number of nitrogens with zero attached hydrogens (tertiary/aromatic N) is 4. The van der Waals surface area contributed by atoms with Gasteiger partial charge in [-0.25, -0.2) is 0 Å². The third kappa shape index (κ3) is 1.20. The summed E-state index contributed by atoms with van der Waals surface area (Å²) >= 11 is 0. The monoisotopic (exact) mass is 234 g/mol. The lowest BCUT2D eigenvalue weighted by Crippen LogP contribution is -2.11. The quantitative estimate of drug-likeness (QED) is 0.507. The van der Waals surface area contributed by atoms with E-state index in [1.807, 2.05) is 70.5 Å². The number of hydrogen-bond donors (Lipinski definition) is 0. The molecule has 0 aliphatic heterocycles. The van der Waals surface area contributed by atoms with Crippen LogP contribution in [-0.2, 0) is 0 Å². The van der Waals surface area contributed by atoms with Gasteiger partial charge >= 0.3 is 0 Å². The Labute approximate surface area is 103 Å². The fourth-order valence-corrected chi connectivity index (χ4v) is 2.22. The predicted octanol–water partition coefficient (Wildman–Crippen LogP) is 2.70. The molecule has 0 amide bonds. The van der Waals surface area contributed by atoms with E-state index in [1.165, 1.54) is 0 Å². The third-order valence-corrected chi connectivity index (χ3v) is 3.10. The zero-order valence-corrected chi connectivity index (χ0v) is 9.56. The maximum absolute atomic E-state index is 4.41. The van der Waals surface area contributed by atoms with Gasteiger partial charge in [-0.3, -0.25) is 0 Å². The van der Waals surface area contributed by atoms with Crippen LogP contribution in [0.4, 0.5) is 0 Å². The molecule has 0 bridgehead atoms. The van der Waals surface area contributed by atoms with Crippen LogP contribution in [0.5, 0.6) is 0 Å². The molecule has 4 nitrogen and oxygen atoms in total. The largest absolute Gasteiger partial charge is 0.158 e. The molecular formula is C14H10N4. The number of aromatic nitrogens is 4. The van der Waals surface area contributed by atoms with E-state index >= 15 is 0 Å². The Morgan fingerprint density at radius 2 is 1.06 bits per heavy atom. The number of hydrogen-bond acceptors (Lipinski definition) is 2. The van der Waals surface area contributed by atoms with E-state index in [0.717, 1.165) is 21.8 Å². The van der Waals surface area contributed by atoms with Crippen molar-refractivity contribution in [2.45, 2.75) is 0 Å². The summed E-state index contributed by atoms with van der Waals surface area (Å²) in [5, 5.41) is 11.0. The first-order chi connectivity index (χ1) is 8.93. The summed E-state index contributed by atoms with van der Waals surface area (Å²) in [7, 11) is 0. The van der Waals surface area contributed by atoms with Gasteiger partial charge in [0.15, 0.2) is 0 Å². The Bertz CT molecular complexity index is 769. The molecule has 0 aliphatic carbocycles. The van der Waals surface area contributed by atoms with Gasteiger partial charge in [0.1, 0.15) is 0 Å². The zero-order chi connectivity index (χ0) is 11.9. The van der Waals surface area contributed by atoms with E-state index < -0.39 is 0 Å². The molecule has 0 N–H and O–H groups in total. The van der Waals surface area contributed by atoms with Crippen molar-refractivity contribution in [1.29, 1.82) is 0 Å². The number of para-hydroxylation sites is 2. The number of benzene rings is 2. The van der Waals surface area contributed by atoms with Crippen LogP contribution in [0, 0.1) is 0 Å². The molecule has 2 heterocycles. The van der Waals surface area contributed by atoms with Crippen molar-refractivity contribution in [2.75, 3.05) is 0 Å². The summed E-state index contributed by atoms with van der Waals surface area (Å²) in [6.07, 6.45) is 3.71. The summed E-state index contributed by atoms with van der Waals surface area (Å²) in [5.41, 5.74) is 2.10. The summed E-state index contributed by atoms with van der Waals surface area (Å²) in [6.45, 7) is 0. The fraction of sp³-hybridized carbons (Fsp3) is 0. The van der Waals surface area contributed by atoms with Crippen molar-refractivity contribution >= 4 is 21.8 Å². The summed E-state index contributed by atoms with van der Waals surface area (Å²) in [4.78, 5) is 3.63. The van der Waals surface area contributed by atoms with Gasteiger partial charge in [0, 0.05) is 10.8 Å². The Kier molecular flexibility index (Phi) is 1.80. The van der Waals surface area contributed by atoms with Crippen LogP contribution >= 0.6 is 0 Å². The summed E-state index contributed by atoms with van der Waals surface area (Å²) < 4.78 is 0. The molecule has 0 saturated carbocycles. The zero-order valence-electron chi connectivity index (χ0n) is 9.56. The van der Waals surface area contributed by atoms with E-state index in [1.54, 1.807) is 0 Å². The second-order valence-corrected chi connectivity index (χ2v) is 4.19. The Hall–Kier alpha value is -2.62. The smallest absolute Gasteiger partial charge is 0.0945 e. The molecule has 0 fully saturated rings. The van der Waals surface area contributed by atoms with Crippen LogP contribution in [-0.4, -0.2) is 19.8 Å². The highest BCUT2D eigenvalue weighted by Crippen LogP contribution is 2.17. The first-order valence-electron chi connectivity index (χ1n) is 5.80. The van der Waals surface area contributed by atoms with Gasteiger partial charge in [-0.05, 0) is 12.1 Å². The highest BCUT2D eigenvalue weighted by Gasteiger charge is 2.07. The Morgan fingerprint density at radius 1 is 0.611 bits per heavy atom. The van der Waals surface area contributed by atoms with Crippen molar-refractivity contribution in [3.05, 3.63) is 60.9 Å². The molecule has 2 aromatic carbocycles. The third-order valence-electron chi connectivity index (χ3n) is 3.10. The van der Waals surface area contributed by atoms with Gasteiger partial charge < -0.3 is 0 Å². The maximum atomic E-state index is 4.41. The molecule has 0 radical (unpaired) electrons. The van der Waals surface area contributed by atoms with Crippen LogP contribution in [0.3, 0.4) is 0 Å². The summed E-state index contributed by atoms with van der Waals surface area (Å²) in [5.74, 6) is 0. The van der Waals surface area contributed by atoms with Crippen molar-refractivity contribution in [1.82, 2.24) is 19.8 Å². The lowest BCUT2D eigenvalue weighted by atomic mass is 10.2.